The van der Waals surface area contributed by atoms with E-state index in [9.17, 15) is 4.79 Å². The van der Waals surface area contributed by atoms with Gasteiger partial charge in [0.25, 0.3) is 5.91 Å². The average molecular weight is 316 g/mol. The molecule has 0 heterocycles. The highest BCUT2D eigenvalue weighted by atomic mass is 79.9. The van der Waals surface area contributed by atoms with Crippen molar-refractivity contribution in [3.63, 3.8) is 0 Å². The first-order chi connectivity index (χ1) is 8.08. The van der Waals surface area contributed by atoms with Crippen molar-refractivity contribution < 1.29 is 4.79 Å². The smallest absolute Gasteiger partial charge is 0.251 e. The number of amides is 1. The van der Waals surface area contributed by atoms with E-state index in [4.69, 9.17) is 0 Å². The van der Waals surface area contributed by atoms with Crippen LogP contribution in [0.3, 0.4) is 0 Å². The normalized spacial score (nSPS) is 12.2. The molecule has 0 saturated heterocycles. The Hall–Kier alpha value is -0.480. The molecule has 0 radical (unpaired) electrons. The molecule has 0 aliphatic heterocycles. The van der Waals surface area contributed by atoms with Gasteiger partial charge in [-0.15, -0.1) is 0 Å². The van der Waals surface area contributed by atoms with Gasteiger partial charge in [-0.1, -0.05) is 28.9 Å². The lowest BCUT2D eigenvalue weighted by molar-refractivity contribution is 0.0940. The second kappa shape index (κ2) is 7.07. The molecule has 4 heteroatoms. The minimum Gasteiger partial charge on any atom is -0.348 e. The fourth-order valence-corrected chi connectivity index (χ4v) is 2.57. The van der Waals surface area contributed by atoms with E-state index in [0.29, 0.717) is 5.56 Å². The number of nitrogens with one attached hydrogen (secondary N) is 1. The SMILES string of the molecule is CCC(CSC)NC(=O)c1ccc(C)c(Br)c1. The Morgan fingerprint density at radius 3 is 2.76 bits per heavy atom. The molecule has 0 aliphatic rings. The number of carbonyl (C=O) groups excluding carboxylic acids is 1. The van der Waals surface area contributed by atoms with Crippen molar-refractivity contribution in [2.24, 2.45) is 0 Å². The van der Waals surface area contributed by atoms with Crippen molar-refractivity contribution in [3.05, 3.63) is 33.8 Å². The van der Waals surface area contributed by atoms with Crippen LogP contribution in [0.1, 0.15) is 29.3 Å². The van der Waals surface area contributed by atoms with Gasteiger partial charge < -0.3 is 5.32 Å². The zero-order valence-corrected chi connectivity index (χ0v) is 12.8. The number of benzene rings is 1. The molecule has 0 spiro atoms. The molecule has 1 atom stereocenters. The van der Waals surface area contributed by atoms with Crippen molar-refractivity contribution in [2.75, 3.05) is 12.0 Å². The van der Waals surface area contributed by atoms with E-state index in [1.165, 1.54) is 0 Å². The van der Waals surface area contributed by atoms with Crippen LogP contribution in [0.2, 0.25) is 0 Å². The van der Waals surface area contributed by atoms with Crippen LogP contribution in [0.25, 0.3) is 0 Å². The molecule has 1 amide bonds. The number of halogens is 1. The van der Waals surface area contributed by atoms with E-state index in [-0.39, 0.29) is 11.9 Å². The molecular weight excluding hydrogens is 298 g/mol. The Balaban J connectivity index is 2.72. The van der Waals surface area contributed by atoms with Gasteiger partial charge in [-0.3, -0.25) is 4.79 Å². The maximum atomic E-state index is 12.0. The largest absolute Gasteiger partial charge is 0.348 e. The third kappa shape index (κ3) is 4.36. The molecule has 2 nitrogen and oxygen atoms in total. The second-order valence-corrected chi connectivity index (χ2v) is 5.76. The van der Waals surface area contributed by atoms with Gasteiger partial charge in [0.2, 0.25) is 0 Å². The minimum atomic E-state index is 0.00611. The van der Waals surface area contributed by atoms with Gasteiger partial charge >= 0.3 is 0 Å². The van der Waals surface area contributed by atoms with Crippen LogP contribution in [0.15, 0.2) is 22.7 Å². The Labute approximate surface area is 116 Å². The maximum absolute atomic E-state index is 12.0. The predicted molar refractivity (Wildman–Crippen MR) is 78.8 cm³/mol. The van der Waals surface area contributed by atoms with E-state index < -0.39 is 0 Å². The molecule has 1 unspecified atom stereocenters. The van der Waals surface area contributed by atoms with Gasteiger partial charge in [0.05, 0.1) is 0 Å². The standard InChI is InChI=1S/C13H18BrNOS/c1-4-11(8-17-3)15-13(16)10-6-5-9(2)12(14)7-10/h5-7,11H,4,8H2,1-3H3,(H,15,16). The fraction of sp³-hybridized carbons (Fsp3) is 0.462. The molecule has 17 heavy (non-hydrogen) atoms. The molecule has 1 aromatic carbocycles. The Morgan fingerprint density at radius 1 is 1.53 bits per heavy atom. The maximum Gasteiger partial charge on any atom is 0.251 e. The molecule has 1 rings (SSSR count). The molecule has 0 saturated carbocycles. The highest BCUT2D eigenvalue weighted by Gasteiger charge is 2.12. The van der Waals surface area contributed by atoms with Gasteiger partial charge in [0.15, 0.2) is 0 Å². The summed E-state index contributed by atoms with van der Waals surface area (Å²) in [6, 6.07) is 5.93. The van der Waals surface area contributed by atoms with Crippen LogP contribution in [0, 0.1) is 6.92 Å². The van der Waals surface area contributed by atoms with E-state index in [1.807, 2.05) is 25.1 Å². The number of rotatable bonds is 5. The topological polar surface area (TPSA) is 29.1 Å². The van der Waals surface area contributed by atoms with E-state index >= 15 is 0 Å². The van der Waals surface area contributed by atoms with Gasteiger partial charge in [-0.05, 0) is 37.3 Å². The molecule has 0 fully saturated rings. The molecule has 94 valence electrons. The third-order valence-electron chi connectivity index (χ3n) is 2.63. The summed E-state index contributed by atoms with van der Waals surface area (Å²) in [5.41, 5.74) is 1.85. The molecule has 0 aliphatic carbocycles. The van der Waals surface area contributed by atoms with E-state index in [1.54, 1.807) is 11.8 Å². The number of hydrogen-bond donors (Lipinski definition) is 1. The summed E-state index contributed by atoms with van der Waals surface area (Å²) in [6.07, 6.45) is 3.01. The van der Waals surface area contributed by atoms with Crippen molar-refractivity contribution in [2.45, 2.75) is 26.3 Å². The van der Waals surface area contributed by atoms with E-state index in [2.05, 4.69) is 34.4 Å². The van der Waals surface area contributed by atoms with Crippen LogP contribution in [-0.2, 0) is 0 Å². The summed E-state index contributed by atoms with van der Waals surface area (Å²) in [5, 5.41) is 3.05. The van der Waals surface area contributed by atoms with Crippen molar-refractivity contribution in [3.8, 4) is 0 Å². The number of carbonyl (C=O) groups is 1. The first-order valence-corrected chi connectivity index (χ1v) is 7.83. The molecule has 1 aromatic rings. The number of aryl methyl sites for hydroxylation is 1. The first-order valence-electron chi connectivity index (χ1n) is 5.64. The van der Waals surface area contributed by atoms with Gasteiger partial charge in [-0.25, -0.2) is 0 Å². The first kappa shape index (κ1) is 14.6. The van der Waals surface area contributed by atoms with Crippen LogP contribution in [0.4, 0.5) is 0 Å². The summed E-state index contributed by atoms with van der Waals surface area (Å²) in [5.74, 6) is 0.960. The van der Waals surface area contributed by atoms with Crippen LogP contribution < -0.4 is 5.32 Å². The van der Waals surface area contributed by atoms with Crippen molar-refractivity contribution >= 4 is 33.6 Å². The summed E-state index contributed by atoms with van der Waals surface area (Å²) in [4.78, 5) is 12.0. The van der Waals surface area contributed by atoms with Gasteiger partial charge in [0, 0.05) is 21.8 Å². The summed E-state index contributed by atoms with van der Waals surface area (Å²) < 4.78 is 0.975. The monoisotopic (exact) mass is 315 g/mol. The van der Waals surface area contributed by atoms with Crippen LogP contribution in [-0.4, -0.2) is 24.0 Å². The van der Waals surface area contributed by atoms with Crippen molar-refractivity contribution in [1.29, 1.82) is 0 Å². The van der Waals surface area contributed by atoms with Gasteiger partial charge in [-0.2, -0.15) is 11.8 Å². The Morgan fingerprint density at radius 2 is 2.24 bits per heavy atom. The Kier molecular flexibility index (Phi) is 6.06. The Bertz CT molecular complexity index is 395. The summed E-state index contributed by atoms with van der Waals surface area (Å²) >= 11 is 5.20. The predicted octanol–water partition coefficient (Wildman–Crippen LogP) is 3.63. The number of hydrogen-bond acceptors (Lipinski definition) is 2. The molecule has 1 N–H and O–H groups in total. The van der Waals surface area contributed by atoms with Crippen molar-refractivity contribution in [1.82, 2.24) is 5.32 Å². The summed E-state index contributed by atoms with van der Waals surface area (Å²) in [6.45, 7) is 4.10. The quantitative estimate of drug-likeness (QED) is 0.899. The minimum absolute atomic E-state index is 0.00611. The van der Waals surface area contributed by atoms with Crippen LogP contribution >= 0.6 is 27.7 Å². The molecule has 0 aromatic heterocycles. The molecular formula is C13H18BrNOS. The zero-order valence-electron chi connectivity index (χ0n) is 10.4. The number of thioether (sulfide) groups is 1. The fourth-order valence-electron chi connectivity index (χ4n) is 1.47. The average Bonchev–Trinajstić information content (AvgIpc) is 2.31. The van der Waals surface area contributed by atoms with Gasteiger partial charge in [0.1, 0.15) is 0 Å². The van der Waals surface area contributed by atoms with Crippen LogP contribution in [0.5, 0.6) is 0 Å². The molecule has 0 bridgehead atoms. The highest BCUT2D eigenvalue weighted by molar-refractivity contribution is 9.10. The highest BCUT2D eigenvalue weighted by Crippen LogP contribution is 2.17. The van der Waals surface area contributed by atoms with E-state index in [0.717, 1.165) is 22.2 Å². The third-order valence-corrected chi connectivity index (χ3v) is 4.22. The lowest BCUT2D eigenvalue weighted by Gasteiger charge is -2.16. The lowest BCUT2D eigenvalue weighted by atomic mass is 10.1. The lowest BCUT2D eigenvalue weighted by Crippen LogP contribution is -2.36. The second-order valence-electron chi connectivity index (χ2n) is 4.00. The summed E-state index contributed by atoms with van der Waals surface area (Å²) in [7, 11) is 0. The zero-order chi connectivity index (χ0) is 12.8.